The van der Waals surface area contributed by atoms with Gasteiger partial charge in [-0.15, -0.1) is 0 Å². The molecule has 0 aliphatic heterocycles. The van der Waals surface area contributed by atoms with Crippen molar-refractivity contribution in [1.29, 1.82) is 0 Å². The summed E-state index contributed by atoms with van der Waals surface area (Å²) in [5.41, 5.74) is -0.179. The van der Waals surface area contributed by atoms with Gasteiger partial charge in [-0.05, 0) is 50.2 Å². The second kappa shape index (κ2) is 8.37. The van der Waals surface area contributed by atoms with E-state index >= 15 is 0 Å². The molecule has 0 aliphatic rings. The van der Waals surface area contributed by atoms with Gasteiger partial charge in [-0.1, -0.05) is 0 Å². The Hall–Kier alpha value is -3.03. The lowest BCUT2D eigenvalue weighted by Gasteiger charge is -2.15. The van der Waals surface area contributed by atoms with Crippen molar-refractivity contribution >= 4 is 17.6 Å². The van der Waals surface area contributed by atoms with Gasteiger partial charge >= 0.3 is 5.97 Å². The zero-order chi connectivity index (χ0) is 19.3. The highest BCUT2D eigenvalue weighted by Gasteiger charge is 2.20. The van der Waals surface area contributed by atoms with E-state index in [4.69, 9.17) is 9.47 Å². The molecule has 8 heteroatoms. The summed E-state index contributed by atoms with van der Waals surface area (Å²) in [6, 6.07) is 7.47. The lowest BCUT2D eigenvalue weighted by Crippen LogP contribution is -2.30. The Balaban J connectivity index is 2.01. The maximum absolute atomic E-state index is 13.6. The number of rotatable bonds is 6. The van der Waals surface area contributed by atoms with Gasteiger partial charge in [0.2, 0.25) is 0 Å². The molecule has 2 rings (SSSR count). The zero-order valence-corrected chi connectivity index (χ0v) is 14.0. The molecule has 0 bridgehead atoms. The lowest BCUT2D eigenvalue weighted by molar-refractivity contribution is -0.122. The Morgan fingerprint density at radius 3 is 2.31 bits per heavy atom. The zero-order valence-electron chi connectivity index (χ0n) is 14.0. The maximum atomic E-state index is 13.6. The van der Waals surface area contributed by atoms with Crippen LogP contribution in [0, 0.1) is 17.5 Å². The summed E-state index contributed by atoms with van der Waals surface area (Å²) in [7, 11) is 0. The highest BCUT2D eigenvalue weighted by Crippen LogP contribution is 2.20. The summed E-state index contributed by atoms with van der Waals surface area (Å²) in [6.07, 6.45) is -1.06. The van der Waals surface area contributed by atoms with E-state index in [-0.39, 0.29) is 12.4 Å². The predicted octanol–water partition coefficient (Wildman–Crippen LogP) is 3.69. The van der Waals surface area contributed by atoms with E-state index in [0.717, 1.165) is 6.07 Å². The van der Waals surface area contributed by atoms with E-state index in [1.807, 2.05) is 0 Å². The molecule has 0 spiro atoms. The summed E-state index contributed by atoms with van der Waals surface area (Å²) in [5.74, 6) is -5.49. The van der Waals surface area contributed by atoms with Crippen LogP contribution in [0.25, 0.3) is 0 Å². The smallest absolute Gasteiger partial charge is 0.338 e. The molecular formula is C18H16F3NO4. The molecule has 0 saturated heterocycles. The fraction of sp³-hybridized carbons (Fsp3) is 0.222. The lowest BCUT2D eigenvalue weighted by atomic mass is 10.2. The van der Waals surface area contributed by atoms with Crippen LogP contribution >= 0.6 is 0 Å². The van der Waals surface area contributed by atoms with Gasteiger partial charge in [0.05, 0.1) is 17.9 Å². The van der Waals surface area contributed by atoms with Gasteiger partial charge in [0.15, 0.2) is 23.6 Å². The number of hydrogen-bond acceptors (Lipinski definition) is 4. The molecule has 0 aliphatic carbocycles. The van der Waals surface area contributed by atoms with Crippen molar-refractivity contribution in [3.63, 3.8) is 0 Å². The molecule has 1 atom stereocenters. The number of anilines is 1. The number of carbonyl (C=O) groups is 2. The fourth-order valence-electron chi connectivity index (χ4n) is 2.00. The van der Waals surface area contributed by atoms with Crippen molar-refractivity contribution in [1.82, 2.24) is 0 Å². The molecule has 0 heterocycles. The summed E-state index contributed by atoms with van der Waals surface area (Å²) < 4.78 is 49.9. The summed E-state index contributed by atoms with van der Waals surface area (Å²) in [4.78, 5) is 23.6. The maximum Gasteiger partial charge on any atom is 0.338 e. The van der Waals surface area contributed by atoms with Crippen LogP contribution in [0.1, 0.15) is 24.2 Å². The first kappa shape index (κ1) is 19.3. The molecule has 26 heavy (non-hydrogen) atoms. The number of carbonyl (C=O) groups excluding carboxylic acids is 2. The van der Waals surface area contributed by atoms with Crippen LogP contribution in [0.2, 0.25) is 0 Å². The second-order valence-electron chi connectivity index (χ2n) is 5.22. The SMILES string of the molecule is CCOC(=O)c1ccc(OC(C)C(=O)Nc2ccc(F)c(F)c2F)cc1. The molecule has 1 N–H and O–H groups in total. The molecule has 5 nitrogen and oxygen atoms in total. The van der Waals surface area contributed by atoms with E-state index in [1.54, 1.807) is 6.92 Å². The van der Waals surface area contributed by atoms with Crippen molar-refractivity contribution in [2.75, 3.05) is 11.9 Å². The molecule has 138 valence electrons. The summed E-state index contributed by atoms with van der Waals surface area (Å²) in [6.45, 7) is 3.33. The number of nitrogens with one attached hydrogen (secondary N) is 1. The van der Waals surface area contributed by atoms with E-state index in [1.165, 1.54) is 31.2 Å². The van der Waals surface area contributed by atoms with Crippen molar-refractivity contribution in [3.05, 3.63) is 59.4 Å². The van der Waals surface area contributed by atoms with Crippen LogP contribution < -0.4 is 10.1 Å². The third kappa shape index (κ3) is 4.53. The van der Waals surface area contributed by atoms with Crippen molar-refractivity contribution in [2.24, 2.45) is 0 Å². The predicted molar refractivity (Wildman–Crippen MR) is 87.4 cm³/mol. The molecule has 1 amide bonds. The molecule has 2 aromatic carbocycles. The summed E-state index contributed by atoms with van der Waals surface area (Å²) in [5, 5.41) is 2.12. The standard InChI is InChI=1S/C18H16F3NO4/c1-3-25-18(24)11-4-6-12(7-5-11)26-10(2)17(23)22-14-9-8-13(19)15(20)16(14)21/h4-10H,3H2,1-2H3,(H,22,23). The highest BCUT2D eigenvalue weighted by atomic mass is 19.2. The Labute approximate surface area is 147 Å². The van der Waals surface area contributed by atoms with Gasteiger partial charge in [-0.3, -0.25) is 4.79 Å². The largest absolute Gasteiger partial charge is 0.481 e. The van der Waals surface area contributed by atoms with Crippen LogP contribution in [-0.4, -0.2) is 24.6 Å². The fourth-order valence-corrected chi connectivity index (χ4v) is 2.00. The minimum Gasteiger partial charge on any atom is -0.481 e. The molecule has 0 radical (unpaired) electrons. The van der Waals surface area contributed by atoms with Gasteiger partial charge in [0.25, 0.3) is 5.91 Å². The van der Waals surface area contributed by atoms with E-state index in [2.05, 4.69) is 5.32 Å². The van der Waals surface area contributed by atoms with Gasteiger partial charge in [-0.25, -0.2) is 18.0 Å². The molecule has 0 fully saturated rings. The number of halogens is 3. The van der Waals surface area contributed by atoms with Crippen LogP contribution in [-0.2, 0) is 9.53 Å². The molecule has 1 unspecified atom stereocenters. The first-order valence-electron chi connectivity index (χ1n) is 7.71. The Morgan fingerprint density at radius 2 is 1.69 bits per heavy atom. The average molecular weight is 367 g/mol. The van der Waals surface area contributed by atoms with Crippen molar-refractivity contribution in [3.8, 4) is 5.75 Å². The number of ether oxygens (including phenoxy) is 2. The van der Waals surface area contributed by atoms with Crippen molar-refractivity contribution in [2.45, 2.75) is 20.0 Å². The molecule has 2 aromatic rings. The summed E-state index contributed by atoms with van der Waals surface area (Å²) >= 11 is 0. The Morgan fingerprint density at radius 1 is 1.04 bits per heavy atom. The number of benzene rings is 2. The van der Waals surface area contributed by atoms with Crippen LogP contribution in [0.3, 0.4) is 0 Å². The van der Waals surface area contributed by atoms with Gasteiger partial charge < -0.3 is 14.8 Å². The first-order valence-corrected chi connectivity index (χ1v) is 7.71. The minimum atomic E-state index is -1.68. The van der Waals surface area contributed by atoms with Crippen LogP contribution in [0.4, 0.5) is 18.9 Å². The highest BCUT2D eigenvalue weighted by molar-refractivity contribution is 5.94. The number of hydrogen-bond donors (Lipinski definition) is 1. The van der Waals surface area contributed by atoms with Crippen LogP contribution in [0.5, 0.6) is 5.75 Å². The number of esters is 1. The Bertz CT molecular complexity index is 809. The van der Waals surface area contributed by atoms with E-state index < -0.39 is 41.1 Å². The molecule has 0 aromatic heterocycles. The normalized spacial score (nSPS) is 11.6. The minimum absolute atomic E-state index is 0.245. The van der Waals surface area contributed by atoms with Crippen LogP contribution in [0.15, 0.2) is 36.4 Å². The second-order valence-corrected chi connectivity index (χ2v) is 5.22. The Kier molecular flexibility index (Phi) is 6.21. The molecular weight excluding hydrogens is 351 g/mol. The van der Waals surface area contributed by atoms with Crippen molar-refractivity contribution < 1.29 is 32.2 Å². The van der Waals surface area contributed by atoms with E-state index in [0.29, 0.717) is 11.6 Å². The van der Waals surface area contributed by atoms with Gasteiger partial charge in [0, 0.05) is 0 Å². The first-order chi connectivity index (χ1) is 12.3. The van der Waals surface area contributed by atoms with Gasteiger partial charge in [0.1, 0.15) is 5.75 Å². The third-order valence-corrected chi connectivity index (χ3v) is 3.34. The number of amides is 1. The third-order valence-electron chi connectivity index (χ3n) is 3.34. The van der Waals surface area contributed by atoms with Gasteiger partial charge in [-0.2, -0.15) is 0 Å². The monoisotopic (exact) mass is 367 g/mol. The quantitative estimate of drug-likeness (QED) is 0.625. The van der Waals surface area contributed by atoms with E-state index in [9.17, 15) is 22.8 Å². The average Bonchev–Trinajstić information content (AvgIpc) is 2.63. The topological polar surface area (TPSA) is 64.6 Å². The molecule has 0 saturated carbocycles.